The Balaban J connectivity index is 1.17. The van der Waals surface area contributed by atoms with Gasteiger partial charge in [-0.2, -0.15) is 5.10 Å². The number of hydrogen-bond donors (Lipinski definition) is 2. The molecule has 3 aliphatic heterocycles. The number of ether oxygens (including phenoxy) is 2. The first kappa shape index (κ1) is 24.9. The van der Waals surface area contributed by atoms with Crippen molar-refractivity contribution in [2.45, 2.75) is 31.4 Å². The van der Waals surface area contributed by atoms with Crippen LogP contribution in [0.15, 0.2) is 36.5 Å². The van der Waals surface area contributed by atoms with E-state index in [1.54, 1.807) is 6.07 Å². The van der Waals surface area contributed by atoms with Crippen molar-refractivity contribution in [2.75, 3.05) is 50.8 Å². The molecule has 3 atom stereocenters. The molecule has 0 spiro atoms. The minimum Gasteiger partial charge on any atom is -0.486 e. The van der Waals surface area contributed by atoms with Crippen LogP contribution in [0.5, 0.6) is 11.5 Å². The van der Waals surface area contributed by atoms with Gasteiger partial charge in [0.1, 0.15) is 19.3 Å². The molecule has 1 aromatic heterocycles. The minimum atomic E-state index is -1.09. The summed E-state index contributed by atoms with van der Waals surface area (Å²) in [5.41, 5.74) is 2.49. The van der Waals surface area contributed by atoms with Crippen molar-refractivity contribution in [2.24, 2.45) is 13.0 Å². The fraction of sp³-hybridized carbons (Fsp3) is 0.500. The first-order valence-corrected chi connectivity index (χ1v) is 13.4. The first-order chi connectivity index (χ1) is 18.5. The third-order valence-corrected chi connectivity index (χ3v) is 7.98. The van der Waals surface area contributed by atoms with Crippen molar-refractivity contribution >= 4 is 22.5 Å². The number of fused-ring (bicyclic) bond motifs is 2. The minimum absolute atomic E-state index is 0.0719. The number of rotatable bonds is 7. The van der Waals surface area contributed by atoms with Crippen molar-refractivity contribution in [3.05, 3.63) is 47.9 Å². The van der Waals surface area contributed by atoms with Crippen LogP contribution in [0.2, 0.25) is 0 Å². The van der Waals surface area contributed by atoms with Gasteiger partial charge in [-0.3, -0.25) is 9.48 Å². The van der Waals surface area contributed by atoms with Gasteiger partial charge in [0.15, 0.2) is 17.3 Å². The van der Waals surface area contributed by atoms with Crippen LogP contribution in [0.1, 0.15) is 30.9 Å². The molecule has 2 saturated heterocycles. The second-order valence-corrected chi connectivity index (χ2v) is 10.5. The van der Waals surface area contributed by atoms with E-state index in [0.29, 0.717) is 25.3 Å². The number of carbonyl (C=O) groups excluding carboxylic acids is 1. The number of nitrogens with zero attached hydrogens (tertiary/aromatic N) is 4. The molecule has 2 aromatic carbocycles. The number of likely N-dealkylation sites (tertiary alicyclic amines) is 1. The van der Waals surface area contributed by atoms with Gasteiger partial charge in [0.2, 0.25) is 5.91 Å². The first-order valence-electron chi connectivity index (χ1n) is 13.4. The largest absolute Gasteiger partial charge is 0.486 e. The maximum absolute atomic E-state index is 14.7. The molecule has 0 bridgehead atoms. The number of amides is 1. The number of benzene rings is 2. The van der Waals surface area contributed by atoms with Crippen LogP contribution in [0.3, 0.4) is 0 Å². The van der Waals surface area contributed by atoms with Crippen LogP contribution < -0.4 is 19.7 Å². The van der Waals surface area contributed by atoms with E-state index in [4.69, 9.17) is 9.47 Å². The summed E-state index contributed by atoms with van der Waals surface area (Å²) < 4.78 is 27.6. The molecular weight excluding hydrogens is 489 g/mol. The lowest BCUT2D eigenvalue weighted by atomic mass is 9.99. The van der Waals surface area contributed by atoms with E-state index in [2.05, 4.69) is 38.4 Å². The summed E-state index contributed by atoms with van der Waals surface area (Å²) in [5.74, 6) is -0.506. The van der Waals surface area contributed by atoms with Gasteiger partial charge in [0, 0.05) is 37.8 Å². The Hall–Kier alpha value is -3.37. The van der Waals surface area contributed by atoms with Crippen molar-refractivity contribution in [1.29, 1.82) is 0 Å². The van der Waals surface area contributed by atoms with E-state index in [9.17, 15) is 14.3 Å². The zero-order valence-corrected chi connectivity index (χ0v) is 21.6. The van der Waals surface area contributed by atoms with E-state index < -0.39 is 18.0 Å². The molecule has 6 rings (SSSR count). The van der Waals surface area contributed by atoms with Crippen LogP contribution in [-0.4, -0.2) is 77.7 Å². The van der Waals surface area contributed by atoms with Gasteiger partial charge < -0.3 is 29.7 Å². The average molecular weight is 524 g/mol. The van der Waals surface area contributed by atoms with E-state index >= 15 is 0 Å². The molecule has 4 heterocycles. The number of halogens is 1. The summed E-state index contributed by atoms with van der Waals surface area (Å²) in [4.78, 5) is 17.9. The standard InChI is InChI=1S/C28H34FN5O4/c1-32-24-14-21(5-4-18(24)15-30-32)34-9-6-19(16-34)28(36)31-23(17-33-7-2-3-8-33)26(35)20-12-22(29)27-25(13-20)37-10-11-38-27/h4-5,12-15,19,23,26,35H,2-3,6-11,16-17H2,1H3,(H,31,36)/t19-,23-,26-/m1/s1. The number of hydrogen-bond acceptors (Lipinski definition) is 7. The van der Waals surface area contributed by atoms with E-state index in [1.807, 2.05) is 17.9 Å². The molecule has 0 unspecified atom stereocenters. The Morgan fingerprint density at radius 1 is 1.18 bits per heavy atom. The topological polar surface area (TPSA) is 92.1 Å². The SMILES string of the molecule is Cn1ncc2ccc(N3CC[C@@H](C(=O)N[C@H](CN4CCCC4)[C@H](O)c4cc(F)c5c(c4)OCCO5)C3)cc21. The second-order valence-electron chi connectivity index (χ2n) is 10.5. The molecule has 3 aliphatic rings. The maximum Gasteiger partial charge on any atom is 0.225 e. The van der Waals surface area contributed by atoms with E-state index in [0.717, 1.165) is 55.5 Å². The van der Waals surface area contributed by atoms with Gasteiger partial charge in [-0.15, -0.1) is 0 Å². The molecule has 2 fully saturated rings. The molecule has 2 N–H and O–H groups in total. The molecular formula is C28H34FN5O4. The van der Waals surface area contributed by atoms with Crippen LogP contribution in [-0.2, 0) is 11.8 Å². The highest BCUT2D eigenvalue weighted by atomic mass is 19.1. The summed E-state index contributed by atoms with van der Waals surface area (Å²) in [5, 5.41) is 19.9. The molecule has 10 heteroatoms. The van der Waals surface area contributed by atoms with Gasteiger partial charge in [-0.1, -0.05) is 0 Å². The third-order valence-electron chi connectivity index (χ3n) is 7.98. The van der Waals surface area contributed by atoms with Gasteiger partial charge in [0.25, 0.3) is 0 Å². The van der Waals surface area contributed by atoms with Gasteiger partial charge >= 0.3 is 0 Å². The molecule has 0 radical (unpaired) electrons. The monoisotopic (exact) mass is 523 g/mol. The molecule has 202 valence electrons. The Morgan fingerprint density at radius 2 is 2.00 bits per heavy atom. The van der Waals surface area contributed by atoms with Crippen molar-refractivity contribution < 1.29 is 23.8 Å². The maximum atomic E-state index is 14.7. The van der Waals surface area contributed by atoms with Crippen LogP contribution in [0, 0.1) is 11.7 Å². The Morgan fingerprint density at radius 3 is 2.84 bits per heavy atom. The molecule has 1 amide bonds. The summed E-state index contributed by atoms with van der Waals surface area (Å²) in [6.45, 7) is 4.31. The van der Waals surface area contributed by atoms with E-state index in [-0.39, 0.29) is 29.9 Å². The van der Waals surface area contributed by atoms with Crippen molar-refractivity contribution in [1.82, 2.24) is 20.0 Å². The zero-order valence-electron chi connectivity index (χ0n) is 21.6. The predicted octanol–water partition coefficient (Wildman–Crippen LogP) is 2.62. The lowest BCUT2D eigenvalue weighted by Gasteiger charge is -2.30. The molecule has 38 heavy (non-hydrogen) atoms. The highest BCUT2D eigenvalue weighted by Crippen LogP contribution is 2.36. The van der Waals surface area contributed by atoms with Crippen LogP contribution in [0.25, 0.3) is 10.9 Å². The van der Waals surface area contributed by atoms with Crippen molar-refractivity contribution in [3.63, 3.8) is 0 Å². The molecule has 0 aliphatic carbocycles. The average Bonchev–Trinajstić information content (AvgIpc) is 3.70. The Kier molecular flexibility index (Phi) is 6.84. The van der Waals surface area contributed by atoms with Crippen molar-refractivity contribution in [3.8, 4) is 11.5 Å². The summed E-state index contributed by atoms with van der Waals surface area (Å²) in [6.07, 6.45) is 3.66. The Bertz CT molecular complexity index is 1320. The number of aliphatic hydroxyl groups is 1. The van der Waals surface area contributed by atoms with Gasteiger partial charge in [-0.05, 0) is 68.2 Å². The highest BCUT2D eigenvalue weighted by Gasteiger charge is 2.34. The number of aliphatic hydroxyl groups excluding tert-OH is 1. The van der Waals surface area contributed by atoms with Gasteiger partial charge in [0.05, 0.1) is 23.7 Å². The fourth-order valence-corrected chi connectivity index (χ4v) is 5.84. The van der Waals surface area contributed by atoms with Crippen LogP contribution in [0.4, 0.5) is 10.1 Å². The fourth-order valence-electron chi connectivity index (χ4n) is 5.84. The molecule has 9 nitrogen and oxygen atoms in total. The number of carbonyl (C=O) groups is 1. The smallest absolute Gasteiger partial charge is 0.225 e. The summed E-state index contributed by atoms with van der Waals surface area (Å²) in [6, 6.07) is 8.56. The third kappa shape index (κ3) is 4.90. The predicted molar refractivity (Wildman–Crippen MR) is 141 cm³/mol. The van der Waals surface area contributed by atoms with Crippen LogP contribution >= 0.6 is 0 Å². The number of aryl methyl sites for hydroxylation is 1. The molecule has 3 aromatic rings. The number of anilines is 1. The second kappa shape index (κ2) is 10.4. The summed E-state index contributed by atoms with van der Waals surface area (Å²) >= 11 is 0. The highest BCUT2D eigenvalue weighted by molar-refractivity contribution is 5.84. The number of nitrogens with one attached hydrogen (secondary N) is 1. The summed E-state index contributed by atoms with van der Waals surface area (Å²) in [7, 11) is 1.92. The Labute approximate surface area is 221 Å². The quantitative estimate of drug-likeness (QED) is 0.492. The number of aromatic nitrogens is 2. The molecule has 0 saturated carbocycles. The lowest BCUT2D eigenvalue weighted by molar-refractivity contribution is -0.126. The zero-order chi connectivity index (χ0) is 26.2. The van der Waals surface area contributed by atoms with Gasteiger partial charge in [-0.25, -0.2) is 4.39 Å². The normalized spacial score (nSPS) is 21.1. The lowest BCUT2D eigenvalue weighted by Crippen LogP contribution is -2.48. The van der Waals surface area contributed by atoms with E-state index in [1.165, 1.54) is 6.07 Å².